The lowest BCUT2D eigenvalue weighted by Gasteiger charge is -2.27. The molecule has 1 N–H and O–H groups in total. The molecule has 0 fully saturated rings. The van der Waals surface area contributed by atoms with E-state index in [-0.39, 0.29) is 13.0 Å². The first-order valence-corrected chi connectivity index (χ1v) is 10.4. The summed E-state index contributed by atoms with van der Waals surface area (Å²) >= 11 is 0. The van der Waals surface area contributed by atoms with Gasteiger partial charge in [-0.1, -0.05) is 42.5 Å². The van der Waals surface area contributed by atoms with E-state index >= 15 is 0 Å². The molecule has 33 heavy (non-hydrogen) atoms. The van der Waals surface area contributed by atoms with Gasteiger partial charge in [0.05, 0.1) is 5.56 Å². The van der Waals surface area contributed by atoms with Crippen LogP contribution in [0.15, 0.2) is 82.5 Å². The van der Waals surface area contributed by atoms with Crippen LogP contribution in [0.25, 0.3) is 11.1 Å². The number of aromatic nitrogens is 2. The molecule has 0 spiro atoms. The Kier molecular flexibility index (Phi) is 6.19. The van der Waals surface area contributed by atoms with Crippen LogP contribution in [0.4, 0.5) is 0 Å². The third-order valence-electron chi connectivity index (χ3n) is 5.44. The minimum atomic E-state index is -1.21. The Bertz CT molecular complexity index is 1310. The highest BCUT2D eigenvalue weighted by Crippen LogP contribution is 2.32. The third kappa shape index (κ3) is 4.75. The number of carbonyl (C=O) groups excluding carboxylic acids is 2. The Hall–Kier alpha value is -4.04. The topological polar surface area (TPSA) is 107 Å². The lowest BCUT2D eigenvalue weighted by Crippen LogP contribution is -2.39. The van der Waals surface area contributed by atoms with Crippen molar-refractivity contribution in [3.8, 4) is 11.1 Å². The van der Waals surface area contributed by atoms with Crippen LogP contribution in [0.2, 0.25) is 0 Å². The van der Waals surface area contributed by atoms with E-state index in [2.05, 4.69) is 4.98 Å². The molecule has 0 saturated heterocycles. The van der Waals surface area contributed by atoms with Crippen molar-refractivity contribution in [1.29, 1.82) is 0 Å². The lowest BCUT2D eigenvalue weighted by molar-refractivity contribution is -0.121. The van der Waals surface area contributed by atoms with Crippen LogP contribution in [-0.2, 0) is 14.3 Å². The third-order valence-corrected chi connectivity index (χ3v) is 5.44. The molecule has 168 valence electrons. The maximum atomic E-state index is 12.6. The van der Waals surface area contributed by atoms with Crippen LogP contribution in [0.1, 0.15) is 28.6 Å². The number of aromatic amines is 1. The summed E-state index contributed by atoms with van der Waals surface area (Å²) in [5.74, 6) is -0.558. The fraction of sp³-hybridized carbons (Fsp3) is 0.200. The van der Waals surface area contributed by atoms with E-state index in [1.807, 2.05) is 42.5 Å². The molecule has 0 aliphatic carbocycles. The molecule has 0 unspecified atom stereocenters. The summed E-state index contributed by atoms with van der Waals surface area (Å²) in [7, 11) is 0. The first-order chi connectivity index (χ1) is 15.9. The van der Waals surface area contributed by atoms with E-state index in [0.29, 0.717) is 17.4 Å². The number of nitrogens with one attached hydrogen (secondary N) is 1. The smallest absolute Gasteiger partial charge is 0.338 e. The molecule has 2 heterocycles. The number of rotatable bonds is 7. The van der Waals surface area contributed by atoms with Gasteiger partial charge in [0.2, 0.25) is 0 Å². The summed E-state index contributed by atoms with van der Waals surface area (Å²) in [4.78, 5) is 49.9. The second-order valence-electron chi connectivity index (χ2n) is 7.80. The summed E-state index contributed by atoms with van der Waals surface area (Å²) in [6.45, 7) is 1.35. The molecule has 0 saturated carbocycles. The molecule has 0 amide bonds. The van der Waals surface area contributed by atoms with Gasteiger partial charge in [-0.25, -0.2) is 9.59 Å². The number of hydrogen-bond acceptors (Lipinski definition) is 6. The number of aryl methyl sites for hydroxylation is 1. The molecular weight excluding hydrogens is 424 g/mol. The Morgan fingerprint density at radius 1 is 1.12 bits per heavy atom. The van der Waals surface area contributed by atoms with Gasteiger partial charge in [-0.3, -0.25) is 14.3 Å². The van der Waals surface area contributed by atoms with Crippen molar-refractivity contribution in [3.63, 3.8) is 0 Å². The normalized spacial score (nSPS) is 19.4. The largest absolute Gasteiger partial charge is 0.459 e. The van der Waals surface area contributed by atoms with Crippen LogP contribution in [0.5, 0.6) is 0 Å². The number of carbonyl (C=O) groups is 2. The Morgan fingerprint density at radius 2 is 1.82 bits per heavy atom. The Labute approximate surface area is 189 Å². The number of hydrogen-bond donors (Lipinski definition) is 1. The lowest BCUT2D eigenvalue weighted by atomic mass is 10.0. The number of aldehydes is 1. The molecule has 8 heteroatoms. The number of benzene rings is 2. The molecule has 0 bridgehead atoms. The minimum Gasteiger partial charge on any atom is -0.459 e. The molecule has 8 nitrogen and oxygen atoms in total. The maximum Gasteiger partial charge on any atom is 0.338 e. The molecule has 2 atom stereocenters. The average molecular weight is 446 g/mol. The van der Waals surface area contributed by atoms with E-state index < -0.39 is 29.0 Å². The van der Waals surface area contributed by atoms with E-state index in [4.69, 9.17) is 9.47 Å². The van der Waals surface area contributed by atoms with Gasteiger partial charge in [-0.05, 0) is 42.3 Å². The van der Waals surface area contributed by atoms with Gasteiger partial charge in [0.15, 0.2) is 6.23 Å². The van der Waals surface area contributed by atoms with Crippen molar-refractivity contribution < 1.29 is 19.1 Å². The standard InChI is InChI=1S/C25H22N2O6/c1-17-15-27(24(31)26-22(17)29)21-11-12-25(33-21,13-14-28)16-32-23(30)20-9-7-19(8-10-20)18-5-3-2-4-6-18/h2-12,14-15,21H,13,16H2,1H3,(H,26,29,31)/t21-,25-/m1/s1. The molecule has 3 aromatic rings. The van der Waals surface area contributed by atoms with Crippen LogP contribution in [-0.4, -0.2) is 34.0 Å². The van der Waals surface area contributed by atoms with Crippen LogP contribution in [0.3, 0.4) is 0 Å². The van der Waals surface area contributed by atoms with Crippen LogP contribution >= 0.6 is 0 Å². The summed E-state index contributed by atoms with van der Waals surface area (Å²) in [5.41, 5.74) is 0.367. The molecule has 1 aromatic heterocycles. The van der Waals surface area contributed by atoms with Gasteiger partial charge < -0.3 is 14.3 Å². The number of ether oxygens (including phenoxy) is 2. The van der Waals surface area contributed by atoms with Crippen LogP contribution < -0.4 is 11.2 Å². The fourth-order valence-corrected chi connectivity index (χ4v) is 3.60. The van der Waals surface area contributed by atoms with Crippen LogP contribution in [0, 0.1) is 6.92 Å². The van der Waals surface area contributed by atoms with Gasteiger partial charge in [-0.15, -0.1) is 0 Å². The van der Waals surface area contributed by atoms with Crippen molar-refractivity contribution >= 4 is 12.3 Å². The summed E-state index contributed by atoms with van der Waals surface area (Å²) in [5, 5.41) is 0. The first kappa shape index (κ1) is 22.2. The average Bonchev–Trinajstić information content (AvgIpc) is 3.25. The van der Waals surface area contributed by atoms with Gasteiger partial charge in [-0.2, -0.15) is 0 Å². The number of nitrogens with zero attached hydrogens (tertiary/aromatic N) is 1. The molecule has 1 aliphatic rings. The molecule has 4 rings (SSSR count). The van der Waals surface area contributed by atoms with Gasteiger partial charge in [0, 0.05) is 18.2 Å². The maximum absolute atomic E-state index is 12.6. The highest BCUT2D eigenvalue weighted by atomic mass is 16.6. The number of H-pyrrole nitrogens is 1. The summed E-state index contributed by atoms with van der Waals surface area (Å²) in [6, 6.07) is 16.8. The fourth-order valence-electron chi connectivity index (χ4n) is 3.60. The first-order valence-electron chi connectivity index (χ1n) is 10.4. The van der Waals surface area contributed by atoms with Gasteiger partial charge in [0.25, 0.3) is 5.56 Å². The second-order valence-corrected chi connectivity index (χ2v) is 7.80. The zero-order chi connectivity index (χ0) is 23.4. The minimum absolute atomic E-state index is 0.0721. The molecule has 2 aromatic carbocycles. The van der Waals surface area contributed by atoms with E-state index in [0.717, 1.165) is 11.1 Å². The SMILES string of the molecule is Cc1cn([C@H]2C=C[C@@](CC=O)(COC(=O)c3ccc(-c4ccccc4)cc3)O2)c(=O)[nH]c1=O. The summed E-state index contributed by atoms with van der Waals surface area (Å²) in [6.07, 6.45) is 4.31. The molecule has 1 aliphatic heterocycles. The van der Waals surface area contributed by atoms with E-state index in [1.54, 1.807) is 31.2 Å². The Balaban J connectivity index is 1.46. The summed E-state index contributed by atoms with van der Waals surface area (Å²) < 4.78 is 12.6. The second kappa shape index (κ2) is 9.22. The predicted molar refractivity (Wildman–Crippen MR) is 121 cm³/mol. The van der Waals surface area contributed by atoms with Crippen molar-refractivity contribution in [2.75, 3.05) is 6.61 Å². The monoisotopic (exact) mass is 446 g/mol. The highest BCUT2D eigenvalue weighted by Gasteiger charge is 2.38. The van der Waals surface area contributed by atoms with Crippen molar-refractivity contribution in [3.05, 3.63) is 105 Å². The van der Waals surface area contributed by atoms with E-state index in [1.165, 1.54) is 10.8 Å². The zero-order valence-corrected chi connectivity index (χ0v) is 17.9. The zero-order valence-electron chi connectivity index (χ0n) is 17.9. The van der Waals surface area contributed by atoms with Crippen molar-refractivity contribution in [2.24, 2.45) is 0 Å². The van der Waals surface area contributed by atoms with E-state index in [9.17, 15) is 19.2 Å². The van der Waals surface area contributed by atoms with Gasteiger partial charge >= 0.3 is 11.7 Å². The predicted octanol–water partition coefficient (Wildman–Crippen LogP) is 2.78. The van der Waals surface area contributed by atoms with Gasteiger partial charge in [0.1, 0.15) is 18.5 Å². The quantitative estimate of drug-likeness (QED) is 0.340. The Morgan fingerprint density at radius 3 is 2.52 bits per heavy atom. The number of esters is 1. The molecule has 0 radical (unpaired) electrons. The van der Waals surface area contributed by atoms with Crippen molar-refractivity contribution in [2.45, 2.75) is 25.2 Å². The molecular formula is C25H22N2O6. The highest BCUT2D eigenvalue weighted by molar-refractivity contribution is 5.90. The van der Waals surface area contributed by atoms with Crippen molar-refractivity contribution in [1.82, 2.24) is 9.55 Å².